The van der Waals surface area contributed by atoms with Gasteiger partial charge in [-0.2, -0.15) is 0 Å². The number of amides is 1. The minimum absolute atomic E-state index is 0.0816. The zero-order valence-electron chi connectivity index (χ0n) is 17.3. The van der Waals surface area contributed by atoms with Gasteiger partial charge in [0, 0.05) is 44.5 Å². The molecule has 0 spiro atoms. The smallest absolute Gasteiger partial charge is 0.264 e. The van der Waals surface area contributed by atoms with E-state index in [2.05, 4.69) is 36.9 Å². The van der Waals surface area contributed by atoms with Crippen LogP contribution in [0.5, 0.6) is 0 Å². The largest absolute Gasteiger partial charge is 0.368 e. The van der Waals surface area contributed by atoms with Crippen molar-refractivity contribution in [1.29, 1.82) is 0 Å². The zero-order chi connectivity index (χ0) is 21.2. The number of anilines is 1. The van der Waals surface area contributed by atoms with Crippen LogP contribution in [0.2, 0.25) is 0 Å². The van der Waals surface area contributed by atoms with Crippen LogP contribution in [-0.2, 0) is 14.9 Å². The number of nitrogens with zero attached hydrogens (tertiary/aromatic N) is 3. The summed E-state index contributed by atoms with van der Waals surface area (Å²) in [6, 6.07) is 12.3. The number of carbonyl (C=O) groups excluding carboxylic acids is 1. The van der Waals surface area contributed by atoms with Gasteiger partial charge in [0.1, 0.15) is 0 Å². The van der Waals surface area contributed by atoms with Crippen molar-refractivity contribution >= 4 is 21.6 Å². The predicted molar refractivity (Wildman–Crippen MR) is 112 cm³/mol. The number of hydroxylamine groups is 1. The average Bonchev–Trinajstić information content (AvgIpc) is 2.74. The molecule has 0 aromatic heterocycles. The zero-order valence-corrected chi connectivity index (χ0v) is 18.1. The van der Waals surface area contributed by atoms with Crippen LogP contribution < -0.4 is 4.90 Å². The maximum Gasteiger partial charge on any atom is 0.264 e. The van der Waals surface area contributed by atoms with Gasteiger partial charge in [-0.1, -0.05) is 16.6 Å². The van der Waals surface area contributed by atoms with Crippen LogP contribution in [0.3, 0.4) is 0 Å². The van der Waals surface area contributed by atoms with Crippen LogP contribution in [0.4, 0.5) is 5.69 Å². The molecule has 1 aliphatic rings. The quantitative estimate of drug-likeness (QED) is 0.699. The highest BCUT2D eigenvalue weighted by Crippen LogP contribution is 2.24. The molecule has 0 aliphatic carbocycles. The lowest BCUT2D eigenvalue weighted by atomic mass is 10.1. The summed E-state index contributed by atoms with van der Waals surface area (Å²) in [6.07, 6.45) is 0. The van der Waals surface area contributed by atoms with Crippen molar-refractivity contribution in [2.45, 2.75) is 18.7 Å². The molecule has 29 heavy (non-hydrogen) atoms. The second kappa shape index (κ2) is 8.52. The molecule has 0 radical (unpaired) electrons. The van der Waals surface area contributed by atoms with Crippen LogP contribution in [0.25, 0.3) is 0 Å². The van der Waals surface area contributed by atoms with Crippen LogP contribution in [0, 0.1) is 13.8 Å². The molecule has 156 valence electrons. The fraction of sp³-hybridized carbons (Fsp3) is 0.381. The van der Waals surface area contributed by atoms with Gasteiger partial charge in [-0.15, -0.1) is 0 Å². The summed E-state index contributed by atoms with van der Waals surface area (Å²) in [6.45, 7) is 7.01. The molecule has 1 saturated heterocycles. The molecule has 7 nitrogen and oxygen atoms in total. The molecule has 1 amide bonds. The van der Waals surface area contributed by atoms with Crippen LogP contribution in [0.15, 0.2) is 47.4 Å². The third-order valence-corrected chi connectivity index (χ3v) is 7.17. The monoisotopic (exact) mass is 417 g/mol. The molecule has 8 heteroatoms. The van der Waals surface area contributed by atoms with E-state index in [9.17, 15) is 13.2 Å². The standard InChI is InChI=1S/C21H27N3O4S/c1-16-6-5-7-20(17(16)2)23-12-14-24(15-13-23)21(25)18-8-10-19(11-9-18)29(26,27)22(3)28-4/h5-11H,12-15H2,1-4H3. The van der Waals surface area contributed by atoms with E-state index < -0.39 is 10.0 Å². The second-order valence-corrected chi connectivity index (χ2v) is 9.06. The first-order valence-corrected chi connectivity index (χ1v) is 10.9. The number of aryl methyl sites for hydroxylation is 1. The molecular formula is C21H27N3O4S. The van der Waals surface area contributed by atoms with E-state index in [0.29, 0.717) is 18.7 Å². The number of sulfonamides is 1. The SMILES string of the molecule is CON(C)S(=O)(=O)c1ccc(C(=O)N2CCN(c3cccc(C)c3C)CC2)cc1. The van der Waals surface area contributed by atoms with Gasteiger partial charge in [-0.05, 0) is 55.3 Å². The number of carbonyl (C=O) groups is 1. The Morgan fingerprint density at radius 3 is 2.21 bits per heavy atom. The van der Waals surface area contributed by atoms with Crippen molar-refractivity contribution in [3.05, 3.63) is 59.2 Å². The van der Waals surface area contributed by atoms with E-state index in [-0.39, 0.29) is 10.8 Å². The molecule has 0 N–H and O–H groups in total. The topological polar surface area (TPSA) is 70.2 Å². The van der Waals surface area contributed by atoms with E-state index >= 15 is 0 Å². The number of piperazine rings is 1. The lowest BCUT2D eigenvalue weighted by Crippen LogP contribution is -2.49. The Morgan fingerprint density at radius 1 is 1.00 bits per heavy atom. The lowest BCUT2D eigenvalue weighted by molar-refractivity contribution is -0.0258. The molecule has 0 saturated carbocycles. The summed E-state index contributed by atoms with van der Waals surface area (Å²) in [7, 11) is -1.11. The molecule has 0 atom stereocenters. The molecule has 0 unspecified atom stereocenters. The van der Waals surface area contributed by atoms with Gasteiger partial charge >= 0.3 is 0 Å². The van der Waals surface area contributed by atoms with Crippen molar-refractivity contribution in [2.24, 2.45) is 0 Å². The summed E-state index contributed by atoms with van der Waals surface area (Å²) >= 11 is 0. The summed E-state index contributed by atoms with van der Waals surface area (Å²) in [4.78, 5) is 21.8. The molecule has 1 aliphatic heterocycles. The Hall–Kier alpha value is -2.42. The van der Waals surface area contributed by atoms with Gasteiger partial charge in [0.05, 0.1) is 12.0 Å². The Bertz CT molecular complexity index is 981. The number of hydrogen-bond acceptors (Lipinski definition) is 5. The van der Waals surface area contributed by atoms with Crippen LogP contribution in [0.1, 0.15) is 21.5 Å². The number of hydrogen-bond donors (Lipinski definition) is 0. The molecule has 2 aromatic carbocycles. The summed E-state index contributed by atoms with van der Waals surface area (Å²) < 4.78 is 25.3. The summed E-state index contributed by atoms with van der Waals surface area (Å²) in [5.41, 5.74) is 4.22. The molecular weight excluding hydrogens is 390 g/mol. The highest BCUT2D eigenvalue weighted by atomic mass is 32.2. The number of rotatable bonds is 5. The Balaban J connectivity index is 1.67. The lowest BCUT2D eigenvalue weighted by Gasteiger charge is -2.37. The molecule has 3 rings (SSSR count). The van der Waals surface area contributed by atoms with Gasteiger partial charge in [0.25, 0.3) is 15.9 Å². The summed E-state index contributed by atoms with van der Waals surface area (Å²) in [5, 5.41) is 0. The van der Waals surface area contributed by atoms with E-state index in [1.54, 1.807) is 12.1 Å². The Labute approximate surface area is 172 Å². The molecule has 1 heterocycles. The first-order valence-electron chi connectivity index (χ1n) is 9.49. The first kappa shape index (κ1) is 21.3. The fourth-order valence-electron chi connectivity index (χ4n) is 3.43. The van der Waals surface area contributed by atoms with Crippen LogP contribution in [-0.4, -0.2) is 64.0 Å². The van der Waals surface area contributed by atoms with Crippen molar-refractivity contribution in [2.75, 3.05) is 45.2 Å². The Kier molecular flexibility index (Phi) is 6.26. The van der Waals surface area contributed by atoms with Gasteiger partial charge in [-0.3, -0.25) is 9.63 Å². The maximum absolute atomic E-state index is 12.8. The van der Waals surface area contributed by atoms with E-state index in [1.165, 1.54) is 43.1 Å². The molecule has 2 aromatic rings. The Morgan fingerprint density at radius 2 is 1.62 bits per heavy atom. The van der Waals surface area contributed by atoms with E-state index in [4.69, 9.17) is 4.84 Å². The minimum atomic E-state index is -3.72. The highest BCUT2D eigenvalue weighted by Gasteiger charge is 2.25. The molecule has 1 fully saturated rings. The van der Waals surface area contributed by atoms with E-state index in [0.717, 1.165) is 17.6 Å². The highest BCUT2D eigenvalue weighted by molar-refractivity contribution is 7.89. The van der Waals surface area contributed by atoms with Crippen molar-refractivity contribution in [1.82, 2.24) is 9.37 Å². The predicted octanol–water partition coefficient (Wildman–Crippen LogP) is 2.45. The van der Waals surface area contributed by atoms with Crippen molar-refractivity contribution < 1.29 is 18.0 Å². The van der Waals surface area contributed by atoms with Gasteiger partial charge in [0.15, 0.2) is 0 Å². The van der Waals surface area contributed by atoms with Crippen molar-refractivity contribution in [3.63, 3.8) is 0 Å². The molecule has 0 bridgehead atoms. The fourth-order valence-corrected chi connectivity index (χ4v) is 4.40. The van der Waals surface area contributed by atoms with Gasteiger partial charge in [-0.25, -0.2) is 8.42 Å². The van der Waals surface area contributed by atoms with Crippen molar-refractivity contribution in [3.8, 4) is 0 Å². The maximum atomic E-state index is 12.8. The van der Waals surface area contributed by atoms with Gasteiger partial charge in [0.2, 0.25) is 0 Å². The normalized spacial score (nSPS) is 15.1. The van der Waals surface area contributed by atoms with E-state index in [1.807, 2.05) is 4.90 Å². The van der Waals surface area contributed by atoms with Crippen LogP contribution >= 0.6 is 0 Å². The minimum Gasteiger partial charge on any atom is -0.368 e. The summed E-state index contributed by atoms with van der Waals surface area (Å²) in [5.74, 6) is -0.0883. The third kappa shape index (κ3) is 4.29. The van der Waals surface area contributed by atoms with Gasteiger partial charge < -0.3 is 9.80 Å². The second-order valence-electron chi connectivity index (χ2n) is 7.12. The number of benzene rings is 2. The average molecular weight is 418 g/mol. The third-order valence-electron chi connectivity index (χ3n) is 5.48. The first-order chi connectivity index (χ1) is 13.8.